The minimum atomic E-state index is -0.788. The third kappa shape index (κ3) is 1.76. The van der Waals surface area contributed by atoms with Gasteiger partial charge in [-0.1, -0.05) is 0 Å². The van der Waals surface area contributed by atoms with Crippen molar-refractivity contribution in [1.82, 2.24) is 0 Å². The van der Waals surface area contributed by atoms with E-state index in [1.165, 1.54) is 12.8 Å². The third-order valence-electron chi connectivity index (χ3n) is 5.31. The summed E-state index contributed by atoms with van der Waals surface area (Å²) in [5, 5.41) is 0. The molecule has 18 heavy (non-hydrogen) atoms. The van der Waals surface area contributed by atoms with Crippen molar-refractivity contribution >= 4 is 7.12 Å². The minimum absolute atomic E-state index is 0.138. The summed E-state index contributed by atoms with van der Waals surface area (Å²) in [6, 6.07) is 0. The van der Waals surface area contributed by atoms with E-state index >= 15 is 0 Å². The van der Waals surface area contributed by atoms with Crippen molar-refractivity contribution in [2.24, 2.45) is 11.8 Å². The first kappa shape index (κ1) is 12.7. The van der Waals surface area contributed by atoms with Crippen LogP contribution in [0.2, 0.25) is 0 Å². The second kappa shape index (κ2) is 3.83. The first-order chi connectivity index (χ1) is 8.30. The molecule has 2 saturated carbocycles. The monoisotopic (exact) mass is 252 g/mol. The minimum Gasteiger partial charge on any atom is -0.398 e. The Morgan fingerprint density at radius 2 is 1.78 bits per heavy atom. The Morgan fingerprint density at radius 3 is 2.22 bits per heavy atom. The van der Waals surface area contributed by atoms with Crippen LogP contribution in [0.5, 0.6) is 0 Å². The molecule has 1 heterocycles. The van der Waals surface area contributed by atoms with Crippen molar-refractivity contribution in [2.45, 2.75) is 64.6 Å². The van der Waals surface area contributed by atoms with E-state index in [1.54, 1.807) is 0 Å². The van der Waals surface area contributed by atoms with E-state index < -0.39 is 18.3 Å². The van der Waals surface area contributed by atoms with Crippen LogP contribution in [0, 0.1) is 11.8 Å². The molecule has 4 heteroatoms. The molecule has 1 aliphatic heterocycles. The summed E-state index contributed by atoms with van der Waals surface area (Å²) in [6.45, 7) is 7.86. The molecule has 3 aliphatic rings. The van der Waals surface area contributed by atoms with E-state index in [-0.39, 0.29) is 5.73 Å². The van der Waals surface area contributed by atoms with E-state index in [0.29, 0.717) is 11.8 Å². The number of allylic oxidation sites excluding steroid dienone is 1. The second-order valence-electron chi connectivity index (χ2n) is 7.04. The van der Waals surface area contributed by atoms with Gasteiger partial charge in [0.05, 0.1) is 11.2 Å². The van der Waals surface area contributed by atoms with Gasteiger partial charge in [-0.25, -0.2) is 4.39 Å². The van der Waals surface area contributed by atoms with Crippen LogP contribution in [0.4, 0.5) is 4.39 Å². The highest BCUT2D eigenvalue weighted by atomic mass is 19.1. The molecule has 0 aromatic rings. The summed E-state index contributed by atoms with van der Waals surface area (Å²) in [4.78, 5) is 0. The molecule has 2 unspecified atom stereocenters. The summed E-state index contributed by atoms with van der Waals surface area (Å²) < 4.78 is 26.2. The molecule has 0 amide bonds. The van der Waals surface area contributed by atoms with Gasteiger partial charge in [0.1, 0.15) is 5.73 Å². The molecule has 3 fully saturated rings. The van der Waals surface area contributed by atoms with Crippen molar-refractivity contribution in [3.05, 3.63) is 11.3 Å². The van der Waals surface area contributed by atoms with Crippen LogP contribution in [0.3, 0.4) is 0 Å². The highest BCUT2D eigenvalue weighted by Gasteiger charge is 2.54. The number of rotatable bonds is 1. The van der Waals surface area contributed by atoms with E-state index in [9.17, 15) is 4.39 Å². The lowest BCUT2D eigenvalue weighted by Gasteiger charge is -2.32. The third-order valence-corrected chi connectivity index (χ3v) is 5.31. The number of fused-ring (bicyclic) bond motifs is 2. The zero-order valence-electron chi connectivity index (χ0n) is 11.8. The molecule has 0 spiro atoms. The predicted molar refractivity (Wildman–Crippen MR) is 69.7 cm³/mol. The van der Waals surface area contributed by atoms with Crippen LogP contribution in [-0.4, -0.2) is 18.3 Å². The van der Waals surface area contributed by atoms with Gasteiger partial charge in [0, 0.05) is 0 Å². The highest BCUT2D eigenvalue weighted by Crippen LogP contribution is 2.50. The molecular formula is C14H22BFO2. The SMILES string of the molecule is CC1(C)OB(C(F)=C2CC3CCC2C3)OC1(C)C. The van der Waals surface area contributed by atoms with Gasteiger partial charge in [-0.3, -0.25) is 0 Å². The highest BCUT2D eigenvalue weighted by molar-refractivity contribution is 6.53. The zero-order chi connectivity index (χ0) is 13.1. The fourth-order valence-electron chi connectivity index (χ4n) is 3.44. The van der Waals surface area contributed by atoms with Crippen LogP contribution in [-0.2, 0) is 9.31 Å². The molecule has 2 atom stereocenters. The first-order valence-electron chi connectivity index (χ1n) is 7.04. The van der Waals surface area contributed by atoms with E-state index in [0.717, 1.165) is 18.4 Å². The van der Waals surface area contributed by atoms with Crippen molar-refractivity contribution in [2.75, 3.05) is 0 Å². The topological polar surface area (TPSA) is 18.5 Å². The molecule has 0 aromatic heterocycles. The van der Waals surface area contributed by atoms with Crippen molar-refractivity contribution < 1.29 is 13.7 Å². The maximum absolute atomic E-state index is 14.6. The molecule has 0 aromatic carbocycles. The van der Waals surface area contributed by atoms with Gasteiger partial charge in [-0.15, -0.1) is 0 Å². The Bertz CT molecular complexity index is 387. The average Bonchev–Trinajstić information content (AvgIpc) is 2.91. The molecule has 0 radical (unpaired) electrons. The molecule has 2 nitrogen and oxygen atoms in total. The lowest BCUT2D eigenvalue weighted by atomic mass is 9.80. The number of hydrogen-bond donors (Lipinski definition) is 0. The van der Waals surface area contributed by atoms with Gasteiger partial charge in [-0.2, -0.15) is 0 Å². The standard InChI is InChI=1S/C14H22BFO2/c1-13(2)14(3,4)18-15(17-13)12(16)11-8-9-5-6-10(11)7-9/h9-10H,5-8H2,1-4H3. The van der Waals surface area contributed by atoms with Crippen LogP contribution in [0.15, 0.2) is 11.3 Å². The van der Waals surface area contributed by atoms with Gasteiger partial charge in [0.15, 0.2) is 0 Å². The summed E-state index contributed by atoms with van der Waals surface area (Å²) >= 11 is 0. The molecule has 1 saturated heterocycles. The van der Waals surface area contributed by atoms with E-state index in [2.05, 4.69) is 0 Å². The van der Waals surface area contributed by atoms with Crippen molar-refractivity contribution in [3.63, 3.8) is 0 Å². The summed E-state index contributed by atoms with van der Waals surface area (Å²) in [7, 11) is -0.788. The van der Waals surface area contributed by atoms with Crippen LogP contribution < -0.4 is 0 Å². The Labute approximate surface area is 109 Å². The fraction of sp³-hybridized carbons (Fsp3) is 0.857. The first-order valence-corrected chi connectivity index (χ1v) is 7.04. The second-order valence-corrected chi connectivity index (χ2v) is 7.04. The van der Waals surface area contributed by atoms with E-state index in [4.69, 9.17) is 9.31 Å². The molecule has 100 valence electrons. The van der Waals surface area contributed by atoms with Crippen molar-refractivity contribution in [3.8, 4) is 0 Å². The normalized spacial score (nSPS) is 39.5. The quantitative estimate of drug-likeness (QED) is 0.663. The Kier molecular flexibility index (Phi) is 2.70. The van der Waals surface area contributed by atoms with E-state index in [1.807, 2.05) is 27.7 Å². The summed E-state index contributed by atoms with van der Waals surface area (Å²) in [6.07, 6.45) is 4.50. The molecule has 2 bridgehead atoms. The Hall–Kier alpha value is -0.345. The van der Waals surface area contributed by atoms with Gasteiger partial charge in [0.2, 0.25) is 0 Å². The molecular weight excluding hydrogens is 230 g/mol. The van der Waals surface area contributed by atoms with Gasteiger partial charge in [0.25, 0.3) is 0 Å². The molecule has 3 rings (SSSR count). The largest absolute Gasteiger partial charge is 0.525 e. The maximum Gasteiger partial charge on any atom is 0.525 e. The maximum atomic E-state index is 14.6. The van der Waals surface area contributed by atoms with Crippen molar-refractivity contribution in [1.29, 1.82) is 0 Å². The van der Waals surface area contributed by atoms with Crippen LogP contribution >= 0.6 is 0 Å². The number of halogens is 1. The average molecular weight is 252 g/mol. The van der Waals surface area contributed by atoms with Gasteiger partial charge in [-0.05, 0) is 70.8 Å². The zero-order valence-corrected chi connectivity index (χ0v) is 11.8. The Morgan fingerprint density at radius 1 is 1.17 bits per heavy atom. The summed E-state index contributed by atoms with van der Waals surface area (Å²) in [5.41, 5.74) is -0.0639. The van der Waals surface area contributed by atoms with Gasteiger partial charge >= 0.3 is 7.12 Å². The Balaban J connectivity index is 1.83. The van der Waals surface area contributed by atoms with Crippen LogP contribution in [0.1, 0.15) is 53.4 Å². The molecule has 2 aliphatic carbocycles. The predicted octanol–water partition coefficient (Wildman–Crippen LogP) is 3.66. The number of hydrogen-bond acceptors (Lipinski definition) is 2. The fourth-order valence-corrected chi connectivity index (χ4v) is 3.44. The smallest absolute Gasteiger partial charge is 0.398 e. The van der Waals surface area contributed by atoms with Crippen LogP contribution in [0.25, 0.3) is 0 Å². The lowest BCUT2D eigenvalue weighted by Crippen LogP contribution is -2.41. The lowest BCUT2D eigenvalue weighted by molar-refractivity contribution is 0.00578. The molecule has 0 N–H and O–H groups in total. The van der Waals surface area contributed by atoms with Gasteiger partial charge < -0.3 is 9.31 Å². The summed E-state index contributed by atoms with van der Waals surface area (Å²) in [5.74, 6) is 1.16.